The van der Waals surface area contributed by atoms with Gasteiger partial charge in [-0.2, -0.15) is 0 Å². The van der Waals surface area contributed by atoms with Crippen LogP contribution in [0, 0.1) is 0 Å². The molecule has 0 aliphatic rings. The summed E-state index contributed by atoms with van der Waals surface area (Å²) in [5.41, 5.74) is 1.02. The van der Waals surface area contributed by atoms with E-state index in [4.69, 9.17) is 9.84 Å². The van der Waals surface area contributed by atoms with Crippen LogP contribution in [0.1, 0.15) is 11.5 Å². The van der Waals surface area contributed by atoms with E-state index in [1.54, 1.807) is 13.2 Å². The number of hydrogen-bond acceptors (Lipinski definition) is 2. The average molecular weight is 178 g/mol. The van der Waals surface area contributed by atoms with E-state index in [0.717, 1.165) is 11.3 Å². The SMILES string of the molecule is C=CC(CO)c1cccc(OC)c1. The zero-order valence-electron chi connectivity index (χ0n) is 7.73. The van der Waals surface area contributed by atoms with Crippen LogP contribution in [0.4, 0.5) is 0 Å². The van der Waals surface area contributed by atoms with Gasteiger partial charge in [0, 0.05) is 5.92 Å². The van der Waals surface area contributed by atoms with Crippen molar-refractivity contribution in [1.29, 1.82) is 0 Å². The molecule has 70 valence electrons. The van der Waals surface area contributed by atoms with Gasteiger partial charge in [0.2, 0.25) is 0 Å². The van der Waals surface area contributed by atoms with Crippen molar-refractivity contribution in [2.45, 2.75) is 5.92 Å². The highest BCUT2D eigenvalue weighted by Crippen LogP contribution is 2.20. The largest absolute Gasteiger partial charge is 0.497 e. The van der Waals surface area contributed by atoms with Gasteiger partial charge in [-0.3, -0.25) is 0 Å². The maximum atomic E-state index is 9.03. The maximum absolute atomic E-state index is 9.03. The molecule has 0 saturated carbocycles. The van der Waals surface area contributed by atoms with Gasteiger partial charge < -0.3 is 9.84 Å². The van der Waals surface area contributed by atoms with Gasteiger partial charge in [0.05, 0.1) is 13.7 Å². The molecule has 1 N–H and O–H groups in total. The molecule has 1 aromatic rings. The fraction of sp³-hybridized carbons (Fsp3) is 0.273. The van der Waals surface area contributed by atoms with Crippen LogP contribution in [-0.4, -0.2) is 18.8 Å². The lowest BCUT2D eigenvalue weighted by Gasteiger charge is -2.10. The number of ether oxygens (including phenoxy) is 1. The Morgan fingerprint density at radius 3 is 2.92 bits per heavy atom. The Morgan fingerprint density at radius 1 is 1.62 bits per heavy atom. The van der Waals surface area contributed by atoms with Crippen LogP contribution in [0.25, 0.3) is 0 Å². The van der Waals surface area contributed by atoms with Crippen molar-refractivity contribution < 1.29 is 9.84 Å². The second-order valence-corrected chi connectivity index (χ2v) is 2.80. The van der Waals surface area contributed by atoms with Crippen molar-refractivity contribution in [3.63, 3.8) is 0 Å². The summed E-state index contributed by atoms with van der Waals surface area (Å²) in [5.74, 6) is 0.799. The van der Waals surface area contributed by atoms with E-state index >= 15 is 0 Å². The second-order valence-electron chi connectivity index (χ2n) is 2.80. The molecule has 0 saturated heterocycles. The van der Waals surface area contributed by atoms with Gasteiger partial charge in [0.1, 0.15) is 5.75 Å². The zero-order valence-corrected chi connectivity index (χ0v) is 7.73. The van der Waals surface area contributed by atoms with Crippen LogP contribution in [0.15, 0.2) is 36.9 Å². The molecular formula is C11H14O2. The number of benzene rings is 1. The summed E-state index contributed by atoms with van der Waals surface area (Å²) < 4.78 is 5.08. The third-order valence-electron chi connectivity index (χ3n) is 2.00. The molecule has 1 atom stereocenters. The quantitative estimate of drug-likeness (QED) is 0.714. The van der Waals surface area contributed by atoms with Gasteiger partial charge in [-0.15, -0.1) is 6.58 Å². The van der Waals surface area contributed by atoms with Crippen LogP contribution in [0.2, 0.25) is 0 Å². The standard InChI is InChI=1S/C11H14O2/c1-3-9(8-12)10-5-4-6-11(7-10)13-2/h3-7,9,12H,1,8H2,2H3. The van der Waals surface area contributed by atoms with Crippen molar-refractivity contribution >= 4 is 0 Å². The summed E-state index contributed by atoms with van der Waals surface area (Å²) >= 11 is 0. The molecule has 0 amide bonds. The number of rotatable bonds is 4. The predicted molar refractivity (Wildman–Crippen MR) is 53.0 cm³/mol. The first-order valence-corrected chi connectivity index (χ1v) is 4.19. The lowest BCUT2D eigenvalue weighted by atomic mass is 10.0. The van der Waals surface area contributed by atoms with Crippen molar-refractivity contribution in [3.05, 3.63) is 42.5 Å². The van der Waals surface area contributed by atoms with E-state index in [-0.39, 0.29) is 12.5 Å². The fourth-order valence-electron chi connectivity index (χ4n) is 1.19. The lowest BCUT2D eigenvalue weighted by molar-refractivity contribution is 0.283. The number of aliphatic hydroxyl groups excluding tert-OH is 1. The van der Waals surface area contributed by atoms with E-state index < -0.39 is 0 Å². The molecule has 13 heavy (non-hydrogen) atoms. The molecule has 0 heterocycles. The van der Waals surface area contributed by atoms with Gasteiger partial charge in [-0.05, 0) is 17.7 Å². The lowest BCUT2D eigenvalue weighted by Crippen LogP contribution is -2.00. The highest BCUT2D eigenvalue weighted by atomic mass is 16.5. The summed E-state index contributed by atoms with van der Waals surface area (Å²) in [7, 11) is 1.63. The monoisotopic (exact) mass is 178 g/mol. The average Bonchev–Trinajstić information content (AvgIpc) is 2.20. The first kappa shape index (κ1) is 9.81. The van der Waals surface area contributed by atoms with Gasteiger partial charge in [0.15, 0.2) is 0 Å². The number of hydrogen-bond donors (Lipinski definition) is 1. The Morgan fingerprint density at radius 2 is 2.38 bits per heavy atom. The highest BCUT2D eigenvalue weighted by Gasteiger charge is 2.05. The fourth-order valence-corrected chi connectivity index (χ4v) is 1.19. The summed E-state index contributed by atoms with van der Waals surface area (Å²) in [4.78, 5) is 0. The zero-order chi connectivity index (χ0) is 9.68. The summed E-state index contributed by atoms with van der Waals surface area (Å²) in [5, 5.41) is 9.03. The van der Waals surface area contributed by atoms with E-state index in [2.05, 4.69) is 6.58 Å². The summed E-state index contributed by atoms with van der Waals surface area (Å²) in [6.07, 6.45) is 1.73. The molecule has 0 aliphatic heterocycles. The molecule has 1 unspecified atom stereocenters. The predicted octanol–water partition coefficient (Wildman–Crippen LogP) is 1.96. The van der Waals surface area contributed by atoms with Crippen LogP contribution >= 0.6 is 0 Å². The van der Waals surface area contributed by atoms with E-state index in [9.17, 15) is 0 Å². The number of aliphatic hydroxyl groups is 1. The molecule has 0 spiro atoms. The second kappa shape index (κ2) is 4.67. The molecule has 2 nitrogen and oxygen atoms in total. The van der Waals surface area contributed by atoms with Gasteiger partial charge >= 0.3 is 0 Å². The molecule has 0 aromatic heterocycles. The van der Waals surface area contributed by atoms with Crippen LogP contribution in [0.3, 0.4) is 0 Å². The van der Waals surface area contributed by atoms with Crippen molar-refractivity contribution in [2.24, 2.45) is 0 Å². The topological polar surface area (TPSA) is 29.5 Å². The van der Waals surface area contributed by atoms with Crippen molar-refractivity contribution in [3.8, 4) is 5.75 Å². The maximum Gasteiger partial charge on any atom is 0.119 e. The molecule has 1 aromatic carbocycles. The Labute approximate surface area is 78.5 Å². The minimum atomic E-state index is -0.00454. The molecule has 0 radical (unpaired) electrons. The highest BCUT2D eigenvalue weighted by molar-refractivity contribution is 5.32. The van der Waals surface area contributed by atoms with Crippen molar-refractivity contribution in [1.82, 2.24) is 0 Å². The third kappa shape index (κ3) is 2.33. The third-order valence-corrected chi connectivity index (χ3v) is 2.00. The Hall–Kier alpha value is -1.28. The number of methoxy groups -OCH3 is 1. The molecule has 1 rings (SSSR count). The van der Waals surface area contributed by atoms with Crippen LogP contribution in [0.5, 0.6) is 5.75 Å². The van der Waals surface area contributed by atoms with Gasteiger partial charge in [-0.25, -0.2) is 0 Å². The van der Waals surface area contributed by atoms with Crippen molar-refractivity contribution in [2.75, 3.05) is 13.7 Å². The van der Waals surface area contributed by atoms with Crippen LogP contribution in [-0.2, 0) is 0 Å². The summed E-state index contributed by atoms with van der Waals surface area (Å²) in [6, 6.07) is 7.63. The minimum Gasteiger partial charge on any atom is -0.497 e. The molecule has 0 aliphatic carbocycles. The minimum absolute atomic E-state index is 0.00454. The smallest absolute Gasteiger partial charge is 0.119 e. The molecule has 0 fully saturated rings. The summed E-state index contributed by atoms with van der Waals surface area (Å²) in [6.45, 7) is 3.74. The van der Waals surface area contributed by atoms with E-state index in [0.29, 0.717) is 0 Å². The Balaban J connectivity index is 2.92. The van der Waals surface area contributed by atoms with Crippen LogP contribution < -0.4 is 4.74 Å². The Kier molecular flexibility index (Phi) is 3.53. The molecular weight excluding hydrogens is 164 g/mol. The van der Waals surface area contributed by atoms with Gasteiger partial charge in [-0.1, -0.05) is 18.2 Å². The normalized spacial score (nSPS) is 12.2. The van der Waals surface area contributed by atoms with Gasteiger partial charge in [0.25, 0.3) is 0 Å². The molecule has 2 heteroatoms. The van der Waals surface area contributed by atoms with E-state index in [1.807, 2.05) is 24.3 Å². The first-order chi connectivity index (χ1) is 6.31. The first-order valence-electron chi connectivity index (χ1n) is 4.19. The van der Waals surface area contributed by atoms with E-state index in [1.165, 1.54) is 0 Å². The molecule has 0 bridgehead atoms. The Bertz CT molecular complexity index is 281.